The van der Waals surface area contributed by atoms with Crippen molar-refractivity contribution in [3.63, 3.8) is 0 Å². The van der Waals surface area contributed by atoms with E-state index in [0.717, 1.165) is 10.9 Å². The van der Waals surface area contributed by atoms with Gasteiger partial charge in [-0.1, -0.05) is 35.3 Å². The van der Waals surface area contributed by atoms with Gasteiger partial charge in [0.2, 0.25) is 5.95 Å². The number of nitrogens with zero attached hydrogens (tertiary/aromatic N) is 2. The fraction of sp³-hybridized carbons (Fsp3) is 0.125. The third kappa shape index (κ3) is 3.82. The molecule has 0 aliphatic rings. The molecule has 0 amide bonds. The van der Waals surface area contributed by atoms with Gasteiger partial charge in [0.05, 0.1) is 12.1 Å². The van der Waals surface area contributed by atoms with E-state index in [1.807, 2.05) is 24.3 Å². The molecular weight excluding hydrogens is 335 g/mol. The fourth-order valence-corrected chi connectivity index (χ4v) is 2.72. The van der Waals surface area contributed by atoms with Gasteiger partial charge in [-0.3, -0.25) is 0 Å². The van der Waals surface area contributed by atoms with Crippen LogP contribution in [0.3, 0.4) is 0 Å². The fourth-order valence-electron chi connectivity index (χ4n) is 2.20. The van der Waals surface area contributed by atoms with Crippen LogP contribution in [0.2, 0.25) is 10.0 Å². The van der Waals surface area contributed by atoms with E-state index in [9.17, 15) is 0 Å². The molecule has 0 atom stereocenters. The van der Waals surface area contributed by atoms with E-state index >= 15 is 0 Å². The van der Waals surface area contributed by atoms with Gasteiger partial charge in [0, 0.05) is 27.7 Å². The van der Waals surface area contributed by atoms with Crippen LogP contribution < -0.4 is 10.6 Å². The summed E-state index contributed by atoms with van der Waals surface area (Å²) in [5.74, 6) is 1.07. The van der Waals surface area contributed by atoms with Gasteiger partial charge in [-0.25, -0.2) is 4.98 Å². The van der Waals surface area contributed by atoms with E-state index in [0.29, 0.717) is 34.0 Å². The number of aliphatic hydroxyl groups is 1. The molecule has 23 heavy (non-hydrogen) atoms. The number of hydrogen-bond acceptors (Lipinski definition) is 5. The summed E-state index contributed by atoms with van der Waals surface area (Å²) >= 11 is 12.0. The molecule has 3 rings (SSSR count). The van der Waals surface area contributed by atoms with Gasteiger partial charge in [-0.05, 0) is 30.3 Å². The highest BCUT2D eigenvalue weighted by molar-refractivity contribution is 6.35. The molecule has 0 spiro atoms. The molecule has 7 heteroatoms. The molecule has 118 valence electrons. The van der Waals surface area contributed by atoms with Gasteiger partial charge in [-0.15, -0.1) is 0 Å². The summed E-state index contributed by atoms with van der Waals surface area (Å²) < 4.78 is 0. The van der Waals surface area contributed by atoms with Crippen molar-refractivity contribution in [3.05, 3.63) is 52.5 Å². The van der Waals surface area contributed by atoms with Crippen molar-refractivity contribution in [2.75, 3.05) is 23.8 Å². The predicted octanol–water partition coefficient (Wildman–Crippen LogP) is 4.08. The predicted molar refractivity (Wildman–Crippen MR) is 94.9 cm³/mol. The van der Waals surface area contributed by atoms with Crippen LogP contribution in [0.15, 0.2) is 42.5 Å². The maximum Gasteiger partial charge on any atom is 0.229 e. The Balaban J connectivity index is 2.00. The number of benzene rings is 2. The summed E-state index contributed by atoms with van der Waals surface area (Å²) in [4.78, 5) is 8.95. The van der Waals surface area contributed by atoms with E-state index < -0.39 is 0 Å². The second-order valence-electron chi connectivity index (χ2n) is 4.85. The molecule has 0 fully saturated rings. The number of anilines is 3. The van der Waals surface area contributed by atoms with Crippen molar-refractivity contribution in [1.29, 1.82) is 0 Å². The quantitative estimate of drug-likeness (QED) is 0.647. The number of fused-ring (bicyclic) bond motifs is 1. The minimum atomic E-state index is 0.0188. The van der Waals surface area contributed by atoms with Crippen molar-refractivity contribution in [1.82, 2.24) is 9.97 Å². The van der Waals surface area contributed by atoms with Crippen molar-refractivity contribution in [2.24, 2.45) is 0 Å². The molecule has 0 bridgehead atoms. The van der Waals surface area contributed by atoms with Gasteiger partial charge >= 0.3 is 0 Å². The van der Waals surface area contributed by atoms with E-state index in [4.69, 9.17) is 28.3 Å². The zero-order chi connectivity index (χ0) is 16.2. The molecule has 5 nitrogen and oxygen atoms in total. The number of halogens is 2. The van der Waals surface area contributed by atoms with Gasteiger partial charge in [0.1, 0.15) is 5.82 Å². The van der Waals surface area contributed by atoms with Crippen LogP contribution in [0.5, 0.6) is 0 Å². The Morgan fingerprint density at radius 2 is 1.74 bits per heavy atom. The monoisotopic (exact) mass is 348 g/mol. The van der Waals surface area contributed by atoms with Crippen molar-refractivity contribution in [3.8, 4) is 0 Å². The molecule has 2 aromatic carbocycles. The minimum absolute atomic E-state index is 0.0188. The lowest BCUT2D eigenvalue weighted by atomic mass is 10.2. The second-order valence-corrected chi connectivity index (χ2v) is 5.72. The Bertz CT molecular complexity index is 821. The highest BCUT2D eigenvalue weighted by Gasteiger charge is 2.08. The molecule has 0 unspecified atom stereocenters. The van der Waals surface area contributed by atoms with E-state index in [1.165, 1.54) is 0 Å². The Labute approximate surface area is 143 Å². The summed E-state index contributed by atoms with van der Waals surface area (Å²) in [7, 11) is 0. The first kappa shape index (κ1) is 15.8. The van der Waals surface area contributed by atoms with Gasteiger partial charge in [0.15, 0.2) is 0 Å². The molecule has 0 saturated carbocycles. The van der Waals surface area contributed by atoms with Gasteiger partial charge in [0.25, 0.3) is 0 Å². The Morgan fingerprint density at radius 3 is 2.48 bits per heavy atom. The van der Waals surface area contributed by atoms with Crippen molar-refractivity contribution < 1.29 is 5.11 Å². The second kappa shape index (κ2) is 7.00. The SMILES string of the molecule is OCCNc1nc(Nc2cc(Cl)cc(Cl)c2)nc2ccccc12. The topological polar surface area (TPSA) is 70.1 Å². The highest BCUT2D eigenvalue weighted by Crippen LogP contribution is 2.26. The smallest absolute Gasteiger partial charge is 0.229 e. The third-order valence-corrected chi connectivity index (χ3v) is 3.56. The normalized spacial score (nSPS) is 10.7. The van der Waals surface area contributed by atoms with E-state index in [1.54, 1.807) is 18.2 Å². The largest absolute Gasteiger partial charge is 0.395 e. The first-order valence-corrected chi connectivity index (χ1v) is 7.76. The number of nitrogens with one attached hydrogen (secondary N) is 2. The number of rotatable bonds is 5. The summed E-state index contributed by atoms with van der Waals surface area (Å²) in [5.41, 5.74) is 1.49. The van der Waals surface area contributed by atoms with Crippen LogP contribution in [-0.2, 0) is 0 Å². The molecule has 3 aromatic rings. The lowest BCUT2D eigenvalue weighted by Crippen LogP contribution is -2.09. The van der Waals surface area contributed by atoms with Crippen LogP contribution in [-0.4, -0.2) is 28.2 Å². The van der Waals surface area contributed by atoms with Crippen LogP contribution in [0.25, 0.3) is 10.9 Å². The summed E-state index contributed by atoms with van der Waals surface area (Å²) in [6.07, 6.45) is 0. The number of aromatic nitrogens is 2. The van der Waals surface area contributed by atoms with E-state index in [2.05, 4.69) is 20.6 Å². The molecule has 0 saturated heterocycles. The molecule has 0 aliphatic carbocycles. The highest BCUT2D eigenvalue weighted by atomic mass is 35.5. The van der Waals surface area contributed by atoms with Gasteiger partial charge < -0.3 is 15.7 Å². The molecule has 0 radical (unpaired) electrons. The Kier molecular flexibility index (Phi) is 4.81. The molecule has 1 aromatic heterocycles. The maximum atomic E-state index is 9.01. The summed E-state index contributed by atoms with van der Waals surface area (Å²) in [6.45, 7) is 0.425. The van der Waals surface area contributed by atoms with Crippen molar-refractivity contribution >= 4 is 51.6 Å². The standard InChI is InChI=1S/C16H14Cl2N4O/c17-10-7-11(18)9-12(8-10)20-16-21-14-4-2-1-3-13(14)15(22-16)19-5-6-23/h1-4,7-9,23H,5-6H2,(H2,19,20,21,22). The van der Waals surface area contributed by atoms with E-state index in [-0.39, 0.29) is 6.61 Å². The zero-order valence-corrected chi connectivity index (χ0v) is 13.6. The molecule has 1 heterocycles. The first-order chi connectivity index (χ1) is 11.2. The van der Waals surface area contributed by atoms with Crippen LogP contribution >= 0.6 is 23.2 Å². The number of hydrogen-bond donors (Lipinski definition) is 3. The Hall–Kier alpha value is -2.08. The number of para-hydroxylation sites is 1. The Morgan fingerprint density at radius 1 is 1.00 bits per heavy atom. The molecular formula is C16H14Cl2N4O. The molecule has 0 aliphatic heterocycles. The average molecular weight is 349 g/mol. The summed E-state index contributed by atoms with van der Waals surface area (Å²) in [5, 5.41) is 17.1. The summed E-state index contributed by atoms with van der Waals surface area (Å²) in [6, 6.07) is 12.8. The average Bonchev–Trinajstić information content (AvgIpc) is 2.51. The van der Waals surface area contributed by atoms with Gasteiger partial charge in [-0.2, -0.15) is 4.98 Å². The lowest BCUT2D eigenvalue weighted by Gasteiger charge is -2.11. The van der Waals surface area contributed by atoms with Crippen LogP contribution in [0.4, 0.5) is 17.5 Å². The first-order valence-electron chi connectivity index (χ1n) is 7.00. The maximum absolute atomic E-state index is 9.01. The third-order valence-electron chi connectivity index (χ3n) is 3.13. The molecule has 3 N–H and O–H groups in total. The zero-order valence-electron chi connectivity index (χ0n) is 12.1. The van der Waals surface area contributed by atoms with Crippen LogP contribution in [0.1, 0.15) is 0 Å². The minimum Gasteiger partial charge on any atom is -0.395 e. The number of aliphatic hydroxyl groups excluding tert-OH is 1. The van der Waals surface area contributed by atoms with Crippen molar-refractivity contribution in [2.45, 2.75) is 0 Å². The van der Waals surface area contributed by atoms with Crippen LogP contribution in [0, 0.1) is 0 Å². The lowest BCUT2D eigenvalue weighted by molar-refractivity contribution is 0.311.